The van der Waals surface area contributed by atoms with Crippen molar-refractivity contribution in [2.45, 2.75) is 6.54 Å². The van der Waals surface area contributed by atoms with Crippen molar-refractivity contribution in [3.05, 3.63) is 78.9 Å². The first kappa shape index (κ1) is 22.5. The van der Waals surface area contributed by atoms with E-state index < -0.39 is 0 Å². The average Bonchev–Trinajstić information content (AvgIpc) is 3.32. The van der Waals surface area contributed by atoms with Gasteiger partial charge in [-0.3, -0.25) is 9.59 Å². The Balaban J connectivity index is 1.38. The normalized spacial score (nSPS) is 10.4. The predicted octanol–water partition coefficient (Wildman–Crippen LogP) is 3.00. The van der Waals surface area contributed by atoms with Crippen molar-refractivity contribution in [3.63, 3.8) is 0 Å². The Kier molecular flexibility index (Phi) is 7.09. The number of amides is 2. The van der Waals surface area contributed by atoms with Gasteiger partial charge in [0.1, 0.15) is 18.0 Å². The molecule has 0 saturated carbocycles. The Hall–Kier alpha value is -4.73. The van der Waals surface area contributed by atoms with Crippen LogP contribution in [0.4, 0.5) is 11.4 Å². The minimum atomic E-state index is -0.331. The van der Waals surface area contributed by atoms with Crippen LogP contribution >= 0.6 is 0 Å². The van der Waals surface area contributed by atoms with Gasteiger partial charge in [0.2, 0.25) is 11.7 Å². The molecule has 34 heavy (non-hydrogen) atoms. The number of para-hydroxylation sites is 2. The molecule has 2 N–H and O–H groups in total. The largest absolute Gasteiger partial charge is 0.497 e. The number of aromatic nitrogens is 4. The average molecular weight is 458 g/mol. The molecule has 0 saturated heterocycles. The molecule has 0 spiro atoms. The molecular formula is C24H22N6O4. The van der Waals surface area contributed by atoms with E-state index in [0.29, 0.717) is 28.4 Å². The summed E-state index contributed by atoms with van der Waals surface area (Å²) in [6.07, 6.45) is 0. The van der Waals surface area contributed by atoms with Crippen LogP contribution in [0.1, 0.15) is 0 Å². The molecule has 4 aromatic rings. The fourth-order valence-electron chi connectivity index (χ4n) is 3.06. The number of hydrogen-bond acceptors (Lipinski definition) is 7. The van der Waals surface area contributed by atoms with Crippen molar-refractivity contribution in [2.24, 2.45) is 0 Å². The second-order valence-electron chi connectivity index (χ2n) is 7.12. The lowest BCUT2D eigenvalue weighted by Gasteiger charge is -2.10. The predicted molar refractivity (Wildman–Crippen MR) is 125 cm³/mol. The Bertz CT molecular complexity index is 1260. The maximum absolute atomic E-state index is 12.4. The molecule has 0 radical (unpaired) electrons. The van der Waals surface area contributed by atoms with Gasteiger partial charge in [0.25, 0.3) is 5.91 Å². The van der Waals surface area contributed by atoms with Gasteiger partial charge in [0.15, 0.2) is 6.61 Å². The highest BCUT2D eigenvalue weighted by Gasteiger charge is 2.14. The first-order chi connectivity index (χ1) is 16.6. The molecule has 0 aliphatic heterocycles. The third-order valence-electron chi connectivity index (χ3n) is 4.67. The van der Waals surface area contributed by atoms with E-state index in [1.165, 1.54) is 4.80 Å². The lowest BCUT2D eigenvalue weighted by molar-refractivity contribution is -0.118. The Morgan fingerprint density at radius 2 is 1.59 bits per heavy atom. The van der Waals surface area contributed by atoms with Crippen LogP contribution in [0.15, 0.2) is 78.9 Å². The number of hydrogen-bond donors (Lipinski definition) is 2. The second-order valence-corrected chi connectivity index (χ2v) is 7.12. The highest BCUT2D eigenvalue weighted by Crippen LogP contribution is 2.24. The molecule has 0 bridgehead atoms. The van der Waals surface area contributed by atoms with Crippen LogP contribution in [0.5, 0.6) is 11.5 Å². The molecule has 10 heteroatoms. The van der Waals surface area contributed by atoms with E-state index in [9.17, 15) is 9.59 Å². The van der Waals surface area contributed by atoms with Crippen LogP contribution in [0.2, 0.25) is 0 Å². The molecule has 2 amide bonds. The number of tetrazole rings is 1. The van der Waals surface area contributed by atoms with Gasteiger partial charge in [0, 0.05) is 11.3 Å². The summed E-state index contributed by atoms with van der Waals surface area (Å²) in [6, 6.07) is 23.1. The summed E-state index contributed by atoms with van der Waals surface area (Å²) in [7, 11) is 1.57. The van der Waals surface area contributed by atoms with Gasteiger partial charge in [0.05, 0.1) is 12.8 Å². The number of carbonyl (C=O) groups excluding carboxylic acids is 2. The van der Waals surface area contributed by atoms with Gasteiger partial charge < -0.3 is 20.1 Å². The van der Waals surface area contributed by atoms with Crippen molar-refractivity contribution in [2.75, 3.05) is 24.4 Å². The van der Waals surface area contributed by atoms with E-state index in [4.69, 9.17) is 9.47 Å². The maximum Gasteiger partial charge on any atom is 0.262 e. The van der Waals surface area contributed by atoms with E-state index in [0.717, 1.165) is 0 Å². The minimum absolute atomic E-state index is 0.127. The van der Waals surface area contributed by atoms with E-state index in [1.54, 1.807) is 67.8 Å². The molecular weight excluding hydrogens is 436 g/mol. The van der Waals surface area contributed by atoms with Gasteiger partial charge >= 0.3 is 0 Å². The minimum Gasteiger partial charge on any atom is -0.497 e. The number of carbonyl (C=O) groups is 2. The number of anilines is 2. The van der Waals surface area contributed by atoms with E-state index in [2.05, 4.69) is 26.0 Å². The standard InChI is InChI=1S/C24H22N6O4/c1-33-18-13-11-17(12-14-18)25-22(31)15-30-28-24(27-29-30)20-9-5-6-10-21(20)26-23(32)16-34-19-7-3-2-4-8-19/h2-14H,15-16H2,1H3,(H,25,31)(H,26,32). The molecule has 0 aliphatic rings. The lowest BCUT2D eigenvalue weighted by Crippen LogP contribution is -2.21. The molecule has 4 rings (SSSR count). The molecule has 0 fully saturated rings. The SMILES string of the molecule is COc1ccc(NC(=O)Cn2nnc(-c3ccccc3NC(=O)COc3ccccc3)n2)cc1. The quantitative estimate of drug-likeness (QED) is 0.396. The topological polar surface area (TPSA) is 120 Å². The summed E-state index contributed by atoms with van der Waals surface area (Å²) in [5.74, 6) is 0.926. The van der Waals surface area contributed by atoms with Crippen molar-refractivity contribution >= 4 is 23.2 Å². The van der Waals surface area contributed by atoms with Gasteiger partial charge in [-0.2, -0.15) is 4.80 Å². The van der Waals surface area contributed by atoms with Crippen LogP contribution in [-0.4, -0.2) is 45.7 Å². The molecule has 172 valence electrons. The van der Waals surface area contributed by atoms with Gasteiger partial charge in [-0.05, 0) is 53.7 Å². The molecule has 10 nitrogen and oxygen atoms in total. The van der Waals surface area contributed by atoms with Crippen LogP contribution in [0.3, 0.4) is 0 Å². The molecule has 3 aromatic carbocycles. The summed E-state index contributed by atoms with van der Waals surface area (Å²) < 4.78 is 10.6. The highest BCUT2D eigenvalue weighted by atomic mass is 16.5. The van der Waals surface area contributed by atoms with Crippen molar-refractivity contribution in [3.8, 4) is 22.9 Å². The molecule has 0 aliphatic carbocycles. The van der Waals surface area contributed by atoms with Crippen LogP contribution < -0.4 is 20.1 Å². The van der Waals surface area contributed by atoms with E-state index in [-0.39, 0.29) is 30.8 Å². The van der Waals surface area contributed by atoms with Crippen molar-refractivity contribution in [1.82, 2.24) is 20.2 Å². The van der Waals surface area contributed by atoms with Crippen LogP contribution in [0.25, 0.3) is 11.4 Å². The van der Waals surface area contributed by atoms with Gasteiger partial charge in [-0.15, -0.1) is 10.2 Å². The number of nitrogens with one attached hydrogen (secondary N) is 2. The number of methoxy groups -OCH3 is 1. The fourth-order valence-corrected chi connectivity index (χ4v) is 3.06. The molecule has 1 heterocycles. The first-order valence-corrected chi connectivity index (χ1v) is 10.4. The summed E-state index contributed by atoms with van der Waals surface area (Å²) >= 11 is 0. The van der Waals surface area contributed by atoms with Crippen LogP contribution in [-0.2, 0) is 16.1 Å². The fraction of sp³-hybridized carbons (Fsp3) is 0.125. The molecule has 1 aromatic heterocycles. The number of benzene rings is 3. The lowest BCUT2D eigenvalue weighted by atomic mass is 10.1. The van der Waals surface area contributed by atoms with E-state index >= 15 is 0 Å². The second kappa shape index (κ2) is 10.7. The monoisotopic (exact) mass is 458 g/mol. The number of ether oxygens (including phenoxy) is 2. The maximum atomic E-state index is 12.4. The Morgan fingerprint density at radius 1 is 0.853 bits per heavy atom. The number of nitrogens with zero attached hydrogens (tertiary/aromatic N) is 4. The first-order valence-electron chi connectivity index (χ1n) is 10.4. The summed E-state index contributed by atoms with van der Waals surface area (Å²) in [6.45, 7) is -0.275. The summed E-state index contributed by atoms with van der Waals surface area (Å²) in [5.41, 5.74) is 1.70. The Labute approximate surface area is 195 Å². The summed E-state index contributed by atoms with van der Waals surface area (Å²) in [4.78, 5) is 25.9. The summed E-state index contributed by atoms with van der Waals surface area (Å²) in [5, 5.41) is 17.8. The van der Waals surface area contributed by atoms with Gasteiger partial charge in [-0.1, -0.05) is 30.3 Å². The highest BCUT2D eigenvalue weighted by molar-refractivity contribution is 5.95. The molecule has 0 atom stereocenters. The van der Waals surface area contributed by atoms with Crippen LogP contribution in [0, 0.1) is 0 Å². The third kappa shape index (κ3) is 5.94. The smallest absolute Gasteiger partial charge is 0.262 e. The van der Waals surface area contributed by atoms with E-state index in [1.807, 2.05) is 18.2 Å². The zero-order valence-electron chi connectivity index (χ0n) is 18.3. The zero-order chi connectivity index (χ0) is 23.8. The Morgan fingerprint density at radius 3 is 2.35 bits per heavy atom. The van der Waals surface area contributed by atoms with Crippen molar-refractivity contribution < 1.29 is 19.1 Å². The van der Waals surface area contributed by atoms with Crippen molar-refractivity contribution in [1.29, 1.82) is 0 Å². The number of rotatable bonds is 9. The zero-order valence-corrected chi connectivity index (χ0v) is 18.3. The third-order valence-corrected chi connectivity index (χ3v) is 4.67. The van der Waals surface area contributed by atoms with Gasteiger partial charge in [-0.25, -0.2) is 0 Å². The molecule has 0 unspecified atom stereocenters.